The molecule has 2 N–H and O–H groups in total. The van der Waals surface area contributed by atoms with Gasteiger partial charge in [0.15, 0.2) is 0 Å². The summed E-state index contributed by atoms with van der Waals surface area (Å²) in [6.07, 6.45) is -1.33. The van der Waals surface area contributed by atoms with Gasteiger partial charge in [-0.15, -0.1) is 0 Å². The molecular formula is C14H17BrF3NO2. The minimum Gasteiger partial charge on any atom is -0.396 e. The third-order valence-corrected chi connectivity index (χ3v) is 3.60. The Morgan fingerprint density at radius 1 is 1.19 bits per heavy atom. The molecule has 0 aliphatic heterocycles. The molecule has 0 saturated carbocycles. The molecule has 0 radical (unpaired) electrons. The highest BCUT2D eigenvalue weighted by molar-refractivity contribution is 9.10. The van der Waals surface area contributed by atoms with E-state index in [1.807, 2.05) is 0 Å². The van der Waals surface area contributed by atoms with E-state index in [1.165, 1.54) is 12.1 Å². The van der Waals surface area contributed by atoms with Crippen molar-refractivity contribution in [3.63, 3.8) is 0 Å². The number of carbonyl (C=O) groups excluding carboxylic acids is 1. The van der Waals surface area contributed by atoms with Crippen LogP contribution < -0.4 is 5.32 Å². The van der Waals surface area contributed by atoms with Crippen LogP contribution in [0.25, 0.3) is 0 Å². The highest BCUT2D eigenvalue weighted by atomic mass is 79.9. The molecule has 0 spiro atoms. The molecule has 0 aliphatic rings. The van der Waals surface area contributed by atoms with Gasteiger partial charge in [0.2, 0.25) is 0 Å². The number of rotatable bonds is 7. The van der Waals surface area contributed by atoms with Crippen LogP contribution in [-0.2, 0) is 6.18 Å². The van der Waals surface area contributed by atoms with E-state index in [4.69, 9.17) is 5.11 Å². The molecule has 21 heavy (non-hydrogen) atoms. The lowest BCUT2D eigenvalue weighted by atomic mass is 10.1. The number of carbonyl (C=O) groups is 1. The SMILES string of the molecule is O=C(NCCCCCCO)c1ccc(Br)c(C(F)(F)F)c1. The van der Waals surface area contributed by atoms with E-state index in [1.54, 1.807) is 0 Å². The minimum absolute atomic E-state index is 0.0131. The maximum atomic E-state index is 12.7. The van der Waals surface area contributed by atoms with Crippen molar-refractivity contribution in [3.8, 4) is 0 Å². The Kier molecular flexibility index (Phi) is 7.17. The summed E-state index contributed by atoms with van der Waals surface area (Å²) in [4.78, 5) is 11.8. The van der Waals surface area contributed by atoms with Crippen molar-refractivity contribution in [2.24, 2.45) is 0 Å². The fourth-order valence-electron chi connectivity index (χ4n) is 1.78. The van der Waals surface area contributed by atoms with Gasteiger partial charge in [-0.3, -0.25) is 4.79 Å². The highest BCUT2D eigenvalue weighted by Crippen LogP contribution is 2.35. The van der Waals surface area contributed by atoms with E-state index in [0.29, 0.717) is 6.54 Å². The molecule has 0 saturated heterocycles. The number of nitrogens with one attached hydrogen (secondary N) is 1. The molecule has 0 bridgehead atoms. The van der Waals surface area contributed by atoms with Crippen molar-refractivity contribution >= 4 is 21.8 Å². The largest absolute Gasteiger partial charge is 0.417 e. The second-order valence-electron chi connectivity index (χ2n) is 4.59. The van der Waals surface area contributed by atoms with E-state index in [2.05, 4.69) is 21.2 Å². The van der Waals surface area contributed by atoms with Crippen LogP contribution in [0.5, 0.6) is 0 Å². The lowest BCUT2D eigenvalue weighted by Gasteiger charge is -2.11. The first-order chi connectivity index (χ1) is 9.86. The van der Waals surface area contributed by atoms with Crippen LogP contribution in [0.4, 0.5) is 13.2 Å². The number of hydrogen-bond acceptors (Lipinski definition) is 2. The van der Waals surface area contributed by atoms with Gasteiger partial charge in [-0.2, -0.15) is 13.2 Å². The van der Waals surface area contributed by atoms with Crippen molar-refractivity contribution in [1.29, 1.82) is 0 Å². The number of amides is 1. The molecule has 0 heterocycles. The quantitative estimate of drug-likeness (QED) is 0.721. The molecule has 1 rings (SSSR count). The van der Waals surface area contributed by atoms with Gasteiger partial charge in [-0.25, -0.2) is 0 Å². The van der Waals surface area contributed by atoms with E-state index < -0.39 is 17.6 Å². The van der Waals surface area contributed by atoms with Crippen molar-refractivity contribution in [3.05, 3.63) is 33.8 Å². The molecule has 1 aromatic carbocycles. The third-order valence-electron chi connectivity index (χ3n) is 2.90. The van der Waals surface area contributed by atoms with Crippen molar-refractivity contribution in [1.82, 2.24) is 5.32 Å². The molecule has 0 fully saturated rings. The molecule has 0 unspecified atom stereocenters. The Morgan fingerprint density at radius 3 is 2.48 bits per heavy atom. The van der Waals surface area contributed by atoms with Gasteiger partial charge >= 0.3 is 6.18 Å². The molecule has 7 heteroatoms. The summed E-state index contributed by atoms with van der Waals surface area (Å²) in [7, 11) is 0. The molecule has 0 aliphatic carbocycles. The summed E-state index contributed by atoms with van der Waals surface area (Å²) in [5.74, 6) is -0.518. The molecule has 0 aromatic heterocycles. The molecular weight excluding hydrogens is 351 g/mol. The summed E-state index contributed by atoms with van der Waals surface area (Å²) >= 11 is 2.83. The van der Waals surface area contributed by atoms with Gasteiger partial charge < -0.3 is 10.4 Å². The zero-order chi connectivity index (χ0) is 15.9. The Labute approximate surface area is 129 Å². The Bertz CT molecular complexity index is 478. The van der Waals surface area contributed by atoms with Crippen LogP contribution >= 0.6 is 15.9 Å². The number of benzene rings is 1. The third kappa shape index (κ3) is 6.05. The standard InChI is InChI=1S/C14H17BrF3NO2/c15-12-6-5-10(9-11(12)14(16,17)18)13(21)19-7-3-1-2-4-8-20/h5-6,9,20H,1-4,7-8H2,(H,19,21). The van der Waals surface area contributed by atoms with Crippen molar-refractivity contribution in [2.45, 2.75) is 31.9 Å². The molecule has 118 valence electrons. The van der Waals surface area contributed by atoms with Gasteiger partial charge in [0.1, 0.15) is 0 Å². The van der Waals surface area contributed by atoms with Crippen LogP contribution in [0.3, 0.4) is 0 Å². The van der Waals surface area contributed by atoms with Crippen LogP contribution in [0.15, 0.2) is 22.7 Å². The maximum Gasteiger partial charge on any atom is 0.417 e. The van der Waals surface area contributed by atoms with Crippen molar-refractivity contribution in [2.75, 3.05) is 13.2 Å². The molecule has 3 nitrogen and oxygen atoms in total. The number of alkyl halides is 3. The number of unbranched alkanes of at least 4 members (excludes halogenated alkanes) is 3. The number of aliphatic hydroxyl groups excluding tert-OH is 1. The summed E-state index contributed by atoms with van der Waals surface area (Å²) in [6.45, 7) is 0.549. The first-order valence-corrected chi connectivity index (χ1v) is 7.41. The Balaban J connectivity index is 2.55. The number of halogens is 4. The monoisotopic (exact) mass is 367 g/mol. The lowest BCUT2D eigenvalue weighted by Crippen LogP contribution is -2.25. The first kappa shape index (κ1) is 18.0. The molecule has 0 atom stereocenters. The van der Waals surface area contributed by atoms with Crippen LogP contribution in [0.2, 0.25) is 0 Å². The maximum absolute atomic E-state index is 12.7. The first-order valence-electron chi connectivity index (χ1n) is 6.62. The van der Waals surface area contributed by atoms with Gasteiger partial charge in [0.05, 0.1) is 5.56 Å². The smallest absolute Gasteiger partial charge is 0.396 e. The lowest BCUT2D eigenvalue weighted by molar-refractivity contribution is -0.138. The average Bonchev–Trinajstić information content (AvgIpc) is 2.41. The average molecular weight is 368 g/mol. The minimum atomic E-state index is -4.50. The van der Waals surface area contributed by atoms with Crippen molar-refractivity contribution < 1.29 is 23.1 Å². The zero-order valence-electron chi connectivity index (χ0n) is 11.3. The van der Waals surface area contributed by atoms with Crippen LogP contribution in [0, 0.1) is 0 Å². The Hall–Kier alpha value is -1.08. The van der Waals surface area contributed by atoms with E-state index in [0.717, 1.165) is 31.7 Å². The molecule has 1 amide bonds. The van der Waals surface area contributed by atoms with E-state index in [9.17, 15) is 18.0 Å². The molecule has 1 aromatic rings. The van der Waals surface area contributed by atoms with Crippen LogP contribution in [0.1, 0.15) is 41.6 Å². The van der Waals surface area contributed by atoms with E-state index in [-0.39, 0.29) is 16.6 Å². The summed E-state index contributed by atoms with van der Waals surface area (Å²) < 4.78 is 38.1. The van der Waals surface area contributed by atoms with Gasteiger partial charge in [0.25, 0.3) is 5.91 Å². The van der Waals surface area contributed by atoms with Gasteiger partial charge in [-0.05, 0) is 31.0 Å². The second-order valence-corrected chi connectivity index (χ2v) is 5.44. The summed E-state index contributed by atoms with van der Waals surface area (Å²) in [5.41, 5.74) is -0.876. The number of aliphatic hydroxyl groups is 1. The highest BCUT2D eigenvalue weighted by Gasteiger charge is 2.33. The number of hydrogen-bond donors (Lipinski definition) is 2. The topological polar surface area (TPSA) is 49.3 Å². The second kappa shape index (κ2) is 8.38. The van der Waals surface area contributed by atoms with Gasteiger partial charge in [0, 0.05) is 23.2 Å². The normalized spacial score (nSPS) is 11.5. The predicted octanol–water partition coefficient (Wildman–Crippen LogP) is 3.75. The fraction of sp³-hybridized carbons (Fsp3) is 0.500. The predicted molar refractivity (Wildman–Crippen MR) is 77.0 cm³/mol. The zero-order valence-corrected chi connectivity index (χ0v) is 12.9. The fourth-order valence-corrected chi connectivity index (χ4v) is 2.25. The summed E-state index contributed by atoms with van der Waals surface area (Å²) in [6, 6.07) is 3.41. The Morgan fingerprint density at radius 2 is 1.86 bits per heavy atom. The van der Waals surface area contributed by atoms with Crippen LogP contribution in [-0.4, -0.2) is 24.2 Å². The van der Waals surface area contributed by atoms with Gasteiger partial charge in [-0.1, -0.05) is 28.8 Å². The van der Waals surface area contributed by atoms with E-state index >= 15 is 0 Å². The summed E-state index contributed by atoms with van der Waals surface area (Å²) in [5, 5.41) is 11.2.